The first kappa shape index (κ1) is 14.2. The summed E-state index contributed by atoms with van der Waals surface area (Å²) in [6.07, 6.45) is 0.635. The van der Waals surface area contributed by atoms with Gasteiger partial charge in [0.25, 0.3) is 5.69 Å². The van der Waals surface area contributed by atoms with Crippen LogP contribution in [0.25, 0.3) is 0 Å². The van der Waals surface area contributed by atoms with E-state index in [1.807, 2.05) is 6.92 Å². The van der Waals surface area contributed by atoms with Crippen LogP contribution in [0.4, 0.5) is 5.69 Å². The molecular weight excluding hydrogens is 282 g/mol. The monoisotopic (exact) mass is 293 g/mol. The fourth-order valence-corrected chi connectivity index (χ4v) is 1.86. The summed E-state index contributed by atoms with van der Waals surface area (Å²) < 4.78 is 5.56. The molecule has 6 nitrogen and oxygen atoms in total. The SMILES string of the molecule is CCc1nc(Cl)cc(Oc2ccc([N+](=O)[O-])c(C)c2)n1. The number of hydrogen-bond acceptors (Lipinski definition) is 5. The fraction of sp³-hybridized carbons (Fsp3) is 0.231. The minimum absolute atomic E-state index is 0.0484. The summed E-state index contributed by atoms with van der Waals surface area (Å²) in [5.74, 6) is 1.35. The van der Waals surface area contributed by atoms with Crippen LogP contribution in [0.5, 0.6) is 11.6 Å². The standard InChI is InChI=1S/C13H12ClN3O3/c1-3-12-15-11(14)7-13(16-12)20-9-4-5-10(17(18)19)8(2)6-9/h4-7H,3H2,1-2H3. The van der Waals surface area contributed by atoms with Gasteiger partial charge in [-0.1, -0.05) is 18.5 Å². The van der Waals surface area contributed by atoms with Gasteiger partial charge in [-0.15, -0.1) is 0 Å². The van der Waals surface area contributed by atoms with Crippen LogP contribution >= 0.6 is 11.6 Å². The zero-order chi connectivity index (χ0) is 14.7. The molecule has 0 bridgehead atoms. The summed E-state index contributed by atoms with van der Waals surface area (Å²) in [6.45, 7) is 3.56. The Bertz CT molecular complexity index is 661. The number of rotatable bonds is 4. The van der Waals surface area contributed by atoms with Crippen LogP contribution in [0.15, 0.2) is 24.3 Å². The lowest BCUT2D eigenvalue weighted by Gasteiger charge is -2.07. The van der Waals surface area contributed by atoms with Gasteiger partial charge >= 0.3 is 0 Å². The molecule has 0 aliphatic rings. The average Bonchev–Trinajstić information content (AvgIpc) is 2.37. The molecule has 2 aromatic rings. The maximum absolute atomic E-state index is 10.7. The van der Waals surface area contributed by atoms with Gasteiger partial charge in [0, 0.05) is 24.1 Å². The first-order valence-corrected chi connectivity index (χ1v) is 6.33. The van der Waals surface area contributed by atoms with E-state index >= 15 is 0 Å². The molecule has 0 atom stereocenters. The Hall–Kier alpha value is -2.21. The minimum Gasteiger partial charge on any atom is -0.439 e. The molecule has 1 aromatic carbocycles. The first-order chi connectivity index (χ1) is 9.49. The second-order valence-electron chi connectivity index (χ2n) is 4.11. The quantitative estimate of drug-likeness (QED) is 0.488. The summed E-state index contributed by atoms with van der Waals surface area (Å²) >= 11 is 5.87. The molecule has 0 saturated carbocycles. The molecule has 2 rings (SSSR count). The topological polar surface area (TPSA) is 78.2 Å². The van der Waals surface area contributed by atoms with Crippen LogP contribution in [0.2, 0.25) is 5.15 Å². The van der Waals surface area contributed by atoms with Crippen molar-refractivity contribution in [1.29, 1.82) is 0 Å². The van der Waals surface area contributed by atoms with Crippen molar-refractivity contribution in [3.63, 3.8) is 0 Å². The minimum atomic E-state index is -0.435. The van der Waals surface area contributed by atoms with Crippen LogP contribution < -0.4 is 4.74 Å². The van der Waals surface area contributed by atoms with Crippen molar-refractivity contribution in [2.45, 2.75) is 20.3 Å². The molecule has 7 heteroatoms. The maximum Gasteiger partial charge on any atom is 0.272 e. The molecule has 1 heterocycles. The highest BCUT2D eigenvalue weighted by atomic mass is 35.5. The molecule has 104 valence electrons. The van der Waals surface area contributed by atoms with Gasteiger partial charge in [0.15, 0.2) is 0 Å². The third-order valence-corrected chi connectivity index (χ3v) is 2.81. The number of aryl methyl sites for hydroxylation is 2. The van der Waals surface area contributed by atoms with E-state index in [0.717, 1.165) is 0 Å². The molecule has 0 aliphatic carbocycles. The molecule has 0 saturated heterocycles. The van der Waals surface area contributed by atoms with Gasteiger partial charge in [-0.3, -0.25) is 10.1 Å². The maximum atomic E-state index is 10.7. The van der Waals surface area contributed by atoms with Crippen molar-refractivity contribution in [3.8, 4) is 11.6 Å². The summed E-state index contributed by atoms with van der Waals surface area (Å²) in [5.41, 5.74) is 0.565. The largest absolute Gasteiger partial charge is 0.439 e. The number of ether oxygens (including phenoxy) is 1. The van der Waals surface area contributed by atoms with E-state index in [9.17, 15) is 10.1 Å². The number of nitro groups is 1. The van der Waals surface area contributed by atoms with Crippen LogP contribution in [-0.2, 0) is 6.42 Å². The van der Waals surface area contributed by atoms with Gasteiger partial charge in [0.1, 0.15) is 16.7 Å². The lowest BCUT2D eigenvalue weighted by Crippen LogP contribution is -1.97. The van der Waals surface area contributed by atoms with Crippen molar-refractivity contribution in [1.82, 2.24) is 9.97 Å². The number of halogens is 1. The average molecular weight is 294 g/mol. The summed E-state index contributed by atoms with van der Waals surface area (Å²) in [7, 11) is 0. The van der Waals surface area contributed by atoms with Gasteiger partial charge in [0.05, 0.1) is 4.92 Å². The van der Waals surface area contributed by atoms with Gasteiger partial charge in [-0.05, 0) is 19.1 Å². The highest BCUT2D eigenvalue weighted by Gasteiger charge is 2.12. The molecular formula is C13H12ClN3O3. The molecule has 0 fully saturated rings. The predicted molar refractivity (Wildman–Crippen MR) is 74.3 cm³/mol. The van der Waals surface area contributed by atoms with Crippen LogP contribution in [0.3, 0.4) is 0 Å². The molecule has 20 heavy (non-hydrogen) atoms. The van der Waals surface area contributed by atoms with E-state index in [1.165, 1.54) is 18.2 Å². The van der Waals surface area contributed by atoms with Crippen molar-refractivity contribution < 1.29 is 9.66 Å². The second kappa shape index (κ2) is 5.83. The van der Waals surface area contributed by atoms with Gasteiger partial charge < -0.3 is 4.74 Å². The van der Waals surface area contributed by atoms with Gasteiger partial charge in [0.2, 0.25) is 5.88 Å². The van der Waals surface area contributed by atoms with Crippen molar-refractivity contribution in [2.75, 3.05) is 0 Å². The molecule has 0 unspecified atom stereocenters. The Kier molecular flexibility index (Phi) is 4.14. The third kappa shape index (κ3) is 3.21. The van der Waals surface area contributed by atoms with E-state index in [2.05, 4.69) is 9.97 Å². The van der Waals surface area contributed by atoms with E-state index in [4.69, 9.17) is 16.3 Å². The molecule has 0 aliphatic heterocycles. The highest BCUT2D eigenvalue weighted by Crippen LogP contribution is 2.27. The number of benzene rings is 1. The third-order valence-electron chi connectivity index (χ3n) is 2.62. The number of nitrogens with zero attached hydrogens (tertiary/aromatic N) is 3. The van der Waals surface area contributed by atoms with Crippen molar-refractivity contribution >= 4 is 17.3 Å². The smallest absolute Gasteiger partial charge is 0.272 e. The van der Waals surface area contributed by atoms with Gasteiger partial charge in [-0.2, -0.15) is 4.98 Å². The Balaban J connectivity index is 2.28. The number of hydrogen-bond donors (Lipinski definition) is 0. The van der Waals surface area contributed by atoms with E-state index in [1.54, 1.807) is 13.0 Å². The number of nitro benzene ring substituents is 1. The Morgan fingerprint density at radius 1 is 1.35 bits per heavy atom. The van der Waals surface area contributed by atoms with Crippen LogP contribution in [0, 0.1) is 17.0 Å². The van der Waals surface area contributed by atoms with E-state index in [0.29, 0.717) is 34.6 Å². The molecule has 0 N–H and O–H groups in total. The normalized spacial score (nSPS) is 10.3. The highest BCUT2D eigenvalue weighted by molar-refractivity contribution is 6.29. The van der Waals surface area contributed by atoms with Crippen LogP contribution in [0.1, 0.15) is 18.3 Å². The first-order valence-electron chi connectivity index (χ1n) is 5.96. The summed E-state index contributed by atoms with van der Waals surface area (Å²) in [6, 6.07) is 6.00. The van der Waals surface area contributed by atoms with Gasteiger partial charge in [-0.25, -0.2) is 4.98 Å². The predicted octanol–water partition coefficient (Wildman–Crippen LogP) is 3.70. The van der Waals surface area contributed by atoms with E-state index < -0.39 is 4.92 Å². The molecule has 0 radical (unpaired) electrons. The zero-order valence-electron chi connectivity index (χ0n) is 11.0. The Labute approximate surface area is 120 Å². The lowest BCUT2D eigenvalue weighted by atomic mass is 10.2. The number of aromatic nitrogens is 2. The van der Waals surface area contributed by atoms with Crippen molar-refractivity contribution in [2.24, 2.45) is 0 Å². The zero-order valence-corrected chi connectivity index (χ0v) is 11.7. The second-order valence-corrected chi connectivity index (χ2v) is 4.49. The molecule has 0 spiro atoms. The Morgan fingerprint density at radius 2 is 2.10 bits per heavy atom. The van der Waals surface area contributed by atoms with E-state index in [-0.39, 0.29) is 5.69 Å². The van der Waals surface area contributed by atoms with Crippen LogP contribution in [-0.4, -0.2) is 14.9 Å². The van der Waals surface area contributed by atoms with Crippen molar-refractivity contribution in [3.05, 3.63) is 50.9 Å². The summed E-state index contributed by atoms with van der Waals surface area (Å²) in [4.78, 5) is 18.5. The molecule has 1 aromatic heterocycles. The molecule has 0 amide bonds. The summed E-state index contributed by atoms with van der Waals surface area (Å²) in [5, 5.41) is 11.0. The lowest BCUT2D eigenvalue weighted by molar-refractivity contribution is -0.385. The Morgan fingerprint density at radius 3 is 2.70 bits per heavy atom. The fourth-order valence-electron chi connectivity index (χ4n) is 1.67.